The van der Waals surface area contributed by atoms with Crippen LogP contribution >= 0.6 is 0 Å². The molecule has 1 N–H and O–H groups in total. The summed E-state index contributed by atoms with van der Waals surface area (Å²) in [5.74, 6) is 0. The van der Waals surface area contributed by atoms with Crippen LogP contribution in [0.5, 0.6) is 0 Å². The van der Waals surface area contributed by atoms with Crippen LogP contribution in [-0.2, 0) is 0 Å². The average molecular weight is 224 g/mol. The summed E-state index contributed by atoms with van der Waals surface area (Å²) in [7, 11) is 0. The molecule has 2 rings (SSSR count). The standard InChI is InChI=1S/C14H28N2/c1-3-15-13(2)14(9-5-6-10-14)16-11-7-4-8-12-16/h13,15H,3-12H2,1-2H3. The molecule has 2 aliphatic rings. The summed E-state index contributed by atoms with van der Waals surface area (Å²) in [6.45, 7) is 8.43. The lowest BCUT2D eigenvalue weighted by molar-refractivity contribution is 0.0425. The topological polar surface area (TPSA) is 15.3 Å². The molecule has 1 saturated heterocycles. The van der Waals surface area contributed by atoms with E-state index in [1.807, 2.05) is 0 Å². The monoisotopic (exact) mass is 224 g/mol. The normalized spacial score (nSPS) is 28.1. The molecule has 2 nitrogen and oxygen atoms in total. The van der Waals surface area contributed by atoms with Gasteiger partial charge in [0.15, 0.2) is 0 Å². The van der Waals surface area contributed by atoms with Crippen LogP contribution in [-0.4, -0.2) is 36.1 Å². The van der Waals surface area contributed by atoms with Gasteiger partial charge in [0.1, 0.15) is 0 Å². The predicted octanol–water partition coefficient (Wildman–Crippen LogP) is 2.78. The molecule has 1 aliphatic heterocycles. The van der Waals surface area contributed by atoms with Gasteiger partial charge in [0.2, 0.25) is 0 Å². The molecule has 1 atom stereocenters. The second kappa shape index (κ2) is 5.50. The van der Waals surface area contributed by atoms with E-state index >= 15 is 0 Å². The van der Waals surface area contributed by atoms with Crippen molar-refractivity contribution in [2.24, 2.45) is 0 Å². The van der Waals surface area contributed by atoms with E-state index in [9.17, 15) is 0 Å². The molecule has 0 radical (unpaired) electrons. The highest BCUT2D eigenvalue weighted by molar-refractivity contribution is 5.02. The Morgan fingerprint density at radius 3 is 2.25 bits per heavy atom. The number of hydrogen-bond donors (Lipinski definition) is 1. The fourth-order valence-electron chi connectivity index (χ4n) is 3.85. The van der Waals surface area contributed by atoms with Gasteiger partial charge in [-0.2, -0.15) is 0 Å². The molecule has 16 heavy (non-hydrogen) atoms. The zero-order chi connectivity index (χ0) is 11.4. The Labute approximate surface area is 101 Å². The third kappa shape index (κ3) is 2.28. The minimum atomic E-state index is 0.496. The molecule has 0 aromatic heterocycles. The highest BCUT2D eigenvalue weighted by atomic mass is 15.2. The molecule has 0 aromatic carbocycles. The van der Waals surface area contributed by atoms with E-state index in [-0.39, 0.29) is 0 Å². The van der Waals surface area contributed by atoms with E-state index in [0.717, 1.165) is 6.54 Å². The first kappa shape index (κ1) is 12.4. The van der Waals surface area contributed by atoms with Gasteiger partial charge < -0.3 is 5.32 Å². The Hall–Kier alpha value is -0.0800. The van der Waals surface area contributed by atoms with Crippen molar-refractivity contribution in [3.8, 4) is 0 Å². The number of likely N-dealkylation sites (N-methyl/N-ethyl adjacent to an activating group) is 1. The first-order valence-corrected chi connectivity index (χ1v) is 7.28. The third-order valence-corrected chi connectivity index (χ3v) is 4.77. The molecular weight excluding hydrogens is 196 g/mol. The van der Waals surface area contributed by atoms with Crippen LogP contribution < -0.4 is 5.32 Å². The second-order valence-corrected chi connectivity index (χ2v) is 5.64. The fourth-order valence-corrected chi connectivity index (χ4v) is 3.85. The molecule has 2 heteroatoms. The summed E-state index contributed by atoms with van der Waals surface area (Å²) < 4.78 is 0. The maximum absolute atomic E-state index is 3.68. The van der Waals surface area contributed by atoms with Crippen molar-refractivity contribution in [3.05, 3.63) is 0 Å². The summed E-state index contributed by atoms with van der Waals surface area (Å²) in [6.07, 6.45) is 9.99. The van der Waals surface area contributed by atoms with E-state index in [1.54, 1.807) is 0 Å². The molecule has 0 aromatic rings. The van der Waals surface area contributed by atoms with E-state index in [4.69, 9.17) is 0 Å². The smallest absolute Gasteiger partial charge is 0.0359 e. The van der Waals surface area contributed by atoms with Crippen LogP contribution in [0.3, 0.4) is 0 Å². The van der Waals surface area contributed by atoms with Crippen molar-refractivity contribution in [3.63, 3.8) is 0 Å². The highest BCUT2D eigenvalue weighted by Crippen LogP contribution is 2.39. The molecular formula is C14H28N2. The summed E-state index contributed by atoms with van der Waals surface area (Å²) in [6, 6.07) is 0.665. The van der Waals surface area contributed by atoms with E-state index < -0.39 is 0 Å². The lowest BCUT2D eigenvalue weighted by atomic mass is 9.85. The van der Waals surface area contributed by atoms with Crippen molar-refractivity contribution in [2.45, 2.75) is 70.4 Å². The van der Waals surface area contributed by atoms with Crippen LogP contribution in [0.4, 0.5) is 0 Å². The SMILES string of the molecule is CCNC(C)C1(N2CCCCC2)CCCC1. The first-order valence-electron chi connectivity index (χ1n) is 7.28. The second-order valence-electron chi connectivity index (χ2n) is 5.64. The van der Waals surface area contributed by atoms with Gasteiger partial charge in [-0.3, -0.25) is 4.90 Å². The maximum Gasteiger partial charge on any atom is 0.0359 e. The minimum Gasteiger partial charge on any atom is -0.313 e. The van der Waals surface area contributed by atoms with Crippen LogP contribution in [0.15, 0.2) is 0 Å². The number of nitrogens with zero attached hydrogens (tertiary/aromatic N) is 1. The lowest BCUT2D eigenvalue weighted by Crippen LogP contribution is -2.59. The Kier molecular flexibility index (Phi) is 4.26. The summed E-state index contributed by atoms with van der Waals surface area (Å²) in [5.41, 5.74) is 0.496. The summed E-state index contributed by atoms with van der Waals surface area (Å²) in [4.78, 5) is 2.82. The van der Waals surface area contributed by atoms with Crippen molar-refractivity contribution in [1.82, 2.24) is 10.2 Å². The van der Waals surface area contributed by atoms with Crippen LogP contribution in [0.25, 0.3) is 0 Å². The van der Waals surface area contributed by atoms with Crippen molar-refractivity contribution >= 4 is 0 Å². The van der Waals surface area contributed by atoms with Gasteiger partial charge in [-0.25, -0.2) is 0 Å². The minimum absolute atomic E-state index is 0.496. The number of nitrogens with one attached hydrogen (secondary N) is 1. The van der Waals surface area contributed by atoms with Gasteiger partial charge in [0.25, 0.3) is 0 Å². The van der Waals surface area contributed by atoms with E-state index in [2.05, 4.69) is 24.1 Å². The third-order valence-electron chi connectivity index (χ3n) is 4.77. The Morgan fingerprint density at radius 1 is 1.06 bits per heavy atom. The van der Waals surface area contributed by atoms with Crippen molar-refractivity contribution < 1.29 is 0 Å². The molecule has 0 spiro atoms. The molecule has 1 saturated carbocycles. The van der Waals surface area contributed by atoms with E-state index in [0.29, 0.717) is 11.6 Å². The number of piperidine rings is 1. The first-order chi connectivity index (χ1) is 7.79. The number of rotatable bonds is 4. The lowest BCUT2D eigenvalue weighted by Gasteiger charge is -2.47. The predicted molar refractivity (Wildman–Crippen MR) is 69.8 cm³/mol. The quantitative estimate of drug-likeness (QED) is 0.790. The summed E-state index contributed by atoms with van der Waals surface area (Å²) >= 11 is 0. The zero-order valence-corrected chi connectivity index (χ0v) is 11.1. The molecule has 0 bridgehead atoms. The number of likely N-dealkylation sites (tertiary alicyclic amines) is 1. The van der Waals surface area contributed by atoms with Gasteiger partial charge in [0.05, 0.1) is 0 Å². The van der Waals surface area contributed by atoms with E-state index in [1.165, 1.54) is 58.0 Å². The highest BCUT2D eigenvalue weighted by Gasteiger charge is 2.43. The van der Waals surface area contributed by atoms with Crippen LogP contribution in [0, 0.1) is 0 Å². The molecule has 1 heterocycles. The molecule has 0 amide bonds. The van der Waals surface area contributed by atoms with Crippen molar-refractivity contribution in [1.29, 1.82) is 0 Å². The van der Waals surface area contributed by atoms with Gasteiger partial charge in [0, 0.05) is 11.6 Å². The summed E-state index contributed by atoms with van der Waals surface area (Å²) in [5, 5.41) is 3.68. The van der Waals surface area contributed by atoms with Gasteiger partial charge in [-0.1, -0.05) is 26.2 Å². The largest absolute Gasteiger partial charge is 0.313 e. The maximum atomic E-state index is 3.68. The Bertz CT molecular complexity index is 203. The zero-order valence-electron chi connectivity index (χ0n) is 11.1. The van der Waals surface area contributed by atoms with Gasteiger partial charge >= 0.3 is 0 Å². The Morgan fingerprint density at radius 2 is 1.69 bits per heavy atom. The molecule has 1 aliphatic carbocycles. The molecule has 2 fully saturated rings. The molecule has 1 unspecified atom stereocenters. The fraction of sp³-hybridized carbons (Fsp3) is 1.00. The van der Waals surface area contributed by atoms with Crippen molar-refractivity contribution in [2.75, 3.05) is 19.6 Å². The molecule has 94 valence electrons. The average Bonchev–Trinajstić information content (AvgIpc) is 2.81. The van der Waals surface area contributed by atoms with Crippen LogP contribution in [0.1, 0.15) is 58.8 Å². The number of hydrogen-bond acceptors (Lipinski definition) is 2. The van der Waals surface area contributed by atoms with Crippen LogP contribution in [0.2, 0.25) is 0 Å². The Balaban J connectivity index is 2.07. The van der Waals surface area contributed by atoms with Gasteiger partial charge in [-0.15, -0.1) is 0 Å². The van der Waals surface area contributed by atoms with Gasteiger partial charge in [-0.05, 0) is 52.2 Å².